The van der Waals surface area contributed by atoms with Crippen LogP contribution >= 0.6 is 0 Å². The van der Waals surface area contributed by atoms with Gasteiger partial charge in [0.2, 0.25) is 0 Å². The van der Waals surface area contributed by atoms with Gasteiger partial charge >= 0.3 is 5.97 Å². The van der Waals surface area contributed by atoms with E-state index in [1.807, 2.05) is 0 Å². The molecule has 1 aromatic rings. The van der Waals surface area contributed by atoms with Gasteiger partial charge in [-0.3, -0.25) is 4.79 Å². The minimum absolute atomic E-state index is 0.0629. The number of phenols is 1. The Morgan fingerprint density at radius 2 is 1.70 bits per heavy atom. The molecule has 4 aliphatic rings. The Labute approximate surface area is 158 Å². The van der Waals surface area contributed by atoms with Crippen molar-refractivity contribution in [3.8, 4) is 5.75 Å². The molecule has 0 amide bonds. The van der Waals surface area contributed by atoms with Crippen molar-refractivity contribution in [3.05, 3.63) is 40.5 Å². The number of aliphatic carboxylic acids is 1. The Hall–Kier alpha value is -2.56. The van der Waals surface area contributed by atoms with E-state index in [0.29, 0.717) is 28.5 Å². The normalized spacial score (nSPS) is 28.6. The fraction of sp³-hybridized carbons (Fsp3) is 0.455. The molecule has 0 atom stereocenters. The molecule has 0 heterocycles. The van der Waals surface area contributed by atoms with Gasteiger partial charge < -0.3 is 14.9 Å². The molecule has 5 nitrogen and oxygen atoms in total. The lowest BCUT2D eigenvalue weighted by molar-refractivity contribution is -0.131. The van der Waals surface area contributed by atoms with Gasteiger partial charge in [-0.2, -0.15) is 0 Å². The van der Waals surface area contributed by atoms with E-state index < -0.39 is 5.97 Å². The predicted molar refractivity (Wildman–Crippen MR) is 101 cm³/mol. The summed E-state index contributed by atoms with van der Waals surface area (Å²) in [7, 11) is 1.62. The van der Waals surface area contributed by atoms with Crippen LogP contribution in [-0.4, -0.2) is 29.6 Å². The lowest BCUT2D eigenvalue weighted by Crippen LogP contribution is -2.41. The average molecular weight is 368 g/mol. The smallest absolute Gasteiger partial charge is 0.328 e. The summed E-state index contributed by atoms with van der Waals surface area (Å²) in [5.74, 6) is 2.18. The third-order valence-electron chi connectivity index (χ3n) is 6.46. The van der Waals surface area contributed by atoms with Crippen LogP contribution in [0.3, 0.4) is 0 Å². The van der Waals surface area contributed by atoms with Gasteiger partial charge in [-0.25, -0.2) is 4.79 Å². The third-order valence-corrected chi connectivity index (χ3v) is 6.46. The summed E-state index contributed by atoms with van der Waals surface area (Å²) in [4.78, 5) is 22.5. The molecule has 4 fully saturated rings. The van der Waals surface area contributed by atoms with Crippen LogP contribution in [0.2, 0.25) is 0 Å². The maximum Gasteiger partial charge on any atom is 0.328 e. The van der Waals surface area contributed by atoms with Gasteiger partial charge in [-0.1, -0.05) is 0 Å². The number of aldehydes is 1. The number of benzene rings is 1. The van der Waals surface area contributed by atoms with Crippen molar-refractivity contribution in [1.82, 2.24) is 0 Å². The predicted octanol–water partition coefficient (Wildman–Crippen LogP) is 4.12. The van der Waals surface area contributed by atoms with Gasteiger partial charge in [-0.05, 0) is 79.6 Å². The van der Waals surface area contributed by atoms with Gasteiger partial charge in [-0.15, -0.1) is 0 Å². The number of methoxy groups -OCH3 is 1. The first-order valence-corrected chi connectivity index (χ1v) is 9.51. The molecule has 2 N–H and O–H groups in total. The fourth-order valence-electron chi connectivity index (χ4n) is 5.66. The first-order chi connectivity index (χ1) is 13.0. The van der Waals surface area contributed by atoms with E-state index in [9.17, 15) is 14.7 Å². The minimum atomic E-state index is -1.11. The van der Waals surface area contributed by atoms with Crippen LogP contribution in [0.15, 0.2) is 23.8 Å². The molecule has 0 spiro atoms. The third kappa shape index (κ3) is 3.15. The Balaban J connectivity index is 1.80. The zero-order valence-corrected chi connectivity index (χ0v) is 15.4. The van der Waals surface area contributed by atoms with Gasteiger partial charge in [0.1, 0.15) is 11.5 Å². The molecule has 4 saturated carbocycles. The van der Waals surface area contributed by atoms with Crippen molar-refractivity contribution in [2.45, 2.75) is 32.1 Å². The number of aromatic hydroxyl groups is 1. The zero-order valence-electron chi connectivity index (χ0n) is 15.4. The summed E-state index contributed by atoms with van der Waals surface area (Å²) in [5, 5.41) is 19.2. The maximum absolute atomic E-state index is 11.7. The lowest BCUT2D eigenvalue weighted by Gasteiger charge is -2.51. The number of allylic oxidation sites excluding steroid dienone is 1. The van der Waals surface area contributed by atoms with Crippen LogP contribution in [-0.2, 0) is 9.53 Å². The number of carbonyl (C=O) groups excluding carboxylic acids is 1. The van der Waals surface area contributed by atoms with E-state index in [0.717, 1.165) is 30.0 Å². The van der Waals surface area contributed by atoms with Crippen LogP contribution in [0.25, 0.3) is 11.8 Å². The van der Waals surface area contributed by atoms with E-state index in [1.165, 1.54) is 55.9 Å². The molecular weight excluding hydrogens is 344 g/mol. The summed E-state index contributed by atoms with van der Waals surface area (Å²) in [6.45, 7) is 0. The molecule has 5 rings (SSSR count). The SMILES string of the molecule is COC(=C1C2CC3CC(C2)CC1C3)c1cc(O)c(/C=C/C(=O)O)cc1C=O. The molecule has 0 unspecified atom stereocenters. The topological polar surface area (TPSA) is 83.8 Å². The van der Waals surface area contributed by atoms with E-state index >= 15 is 0 Å². The van der Waals surface area contributed by atoms with Gasteiger partial charge in [0, 0.05) is 22.8 Å². The van der Waals surface area contributed by atoms with Crippen molar-refractivity contribution < 1.29 is 24.5 Å². The van der Waals surface area contributed by atoms with E-state index in [1.54, 1.807) is 7.11 Å². The largest absolute Gasteiger partial charge is 0.507 e. The number of phenolic OH excluding ortho intramolecular Hbond substituents is 1. The second kappa shape index (κ2) is 6.87. The van der Waals surface area contributed by atoms with Gasteiger partial charge in [0.25, 0.3) is 0 Å². The molecule has 5 heteroatoms. The molecular formula is C22H24O5. The molecule has 1 aromatic carbocycles. The summed E-state index contributed by atoms with van der Waals surface area (Å²) in [6, 6.07) is 3.05. The molecule has 0 saturated heterocycles. The Morgan fingerprint density at radius 1 is 1.07 bits per heavy atom. The zero-order chi connectivity index (χ0) is 19.1. The van der Waals surface area contributed by atoms with Crippen LogP contribution < -0.4 is 0 Å². The highest BCUT2D eigenvalue weighted by atomic mass is 16.5. The van der Waals surface area contributed by atoms with Crippen molar-refractivity contribution in [1.29, 1.82) is 0 Å². The molecule has 0 aromatic heterocycles. The monoisotopic (exact) mass is 368 g/mol. The summed E-state index contributed by atoms with van der Waals surface area (Å²) in [5.41, 5.74) is 2.60. The Bertz CT molecular complexity index is 819. The Morgan fingerprint density at radius 3 is 2.22 bits per heavy atom. The standard InChI is InChI=1S/C22H24O5/c1-27-22(21-15-5-12-4-13(7-15)8-16(21)6-12)18-10-19(24)14(2-3-20(25)26)9-17(18)11-23/h2-3,9-13,15-16,24H,4-8H2,1H3,(H,25,26)/b3-2+,22-21?. The molecule has 0 aliphatic heterocycles. The molecule has 4 aliphatic carbocycles. The number of rotatable bonds is 5. The highest BCUT2D eigenvalue weighted by Crippen LogP contribution is 2.58. The number of hydrogen-bond acceptors (Lipinski definition) is 4. The number of carbonyl (C=O) groups is 2. The van der Waals surface area contributed by atoms with Gasteiger partial charge in [0.15, 0.2) is 6.29 Å². The quantitative estimate of drug-likeness (QED) is 0.464. The number of ether oxygens (including phenoxy) is 1. The van der Waals surface area contributed by atoms with E-state index in [2.05, 4.69) is 0 Å². The Kier molecular flexibility index (Phi) is 4.54. The van der Waals surface area contributed by atoms with Crippen LogP contribution in [0.5, 0.6) is 5.75 Å². The van der Waals surface area contributed by atoms with E-state index in [-0.39, 0.29) is 5.75 Å². The highest BCUT2D eigenvalue weighted by Gasteiger charge is 2.46. The molecule has 4 bridgehead atoms. The van der Waals surface area contributed by atoms with Crippen LogP contribution in [0.1, 0.15) is 53.6 Å². The summed E-state index contributed by atoms with van der Waals surface area (Å²) < 4.78 is 5.80. The van der Waals surface area contributed by atoms with E-state index in [4.69, 9.17) is 9.84 Å². The first kappa shape index (κ1) is 17.8. The minimum Gasteiger partial charge on any atom is -0.507 e. The molecule has 27 heavy (non-hydrogen) atoms. The maximum atomic E-state index is 11.7. The molecule has 0 radical (unpaired) electrons. The summed E-state index contributed by atoms with van der Waals surface area (Å²) in [6.07, 6.45) is 9.09. The number of carboxylic acids is 1. The fourth-order valence-corrected chi connectivity index (χ4v) is 5.66. The van der Waals surface area contributed by atoms with Crippen LogP contribution in [0.4, 0.5) is 0 Å². The molecule has 142 valence electrons. The second-order valence-electron chi connectivity index (χ2n) is 8.08. The van der Waals surface area contributed by atoms with Crippen molar-refractivity contribution in [3.63, 3.8) is 0 Å². The van der Waals surface area contributed by atoms with Gasteiger partial charge in [0.05, 0.1) is 7.11 Å². The summed E-state index contributed by atoms with van der Waals surface area (Å²) >= 11 is 0. The van der Waals surface area contributed by atoms with Crippen molar-refractivity contribution >= 4 is 24.1 Å². The highest BCUT2D eigenvalue weighted by molar-refractivity contribution is 5.90. The average Bonchev–Trinajstić information content (AvgIpc) is 2.63. The van der Waals surface area contributed by atoms with Crippen molar-refractivity contribution in [2.24, 2.45) is 23.7 Å². The lowest BCUT2D eigenvalue weighted by atomic mass is 9.54. The van der Waals surface area contributed by atoms with Crippen molar-refractivity contribution in [2.75, 3.05) is 7.11 Å². The second-order valence-corrected chi connectivity index (χ2v) is 8.08. The number of carboxylic acid groups (broad SMARTS) is 1. The number of hydrogen-bond donors (Lipinski definition) is 2. The van der Waals surface area contributed by atoms with Crippen LogP contribution in [0, 0.1) is 23.7 Å². The first-order valence-electron chi connectivity index (χ1n) is 9.51.